The summed E-state index contributed by atoms with van der Waals surface area (Å²) in [6.45, 7) is 4.45. The van der Waals surface area contributed by atoms with Gasteiger partial charge in [0.25, 0.3) is 0 Å². The van der Waals surface area contributed by atoms with Crippen molar-refractivity contribution in [2.45, 2.75) is 51.4 Å². The minimum Gasteiger partial charge on any atom is -0.342 e. The molecule has 6 heteroatoms. The van der Waals surface area contributed by atoms with Crippen LogP contribution in [0.1, 0.15) is 63.0 Å². The zero-order valence-corrected chi connectivity index (χ0v) is 17.5. The van der Waals surface area contributed by atoms with Crippen LogP contribution < -0.4 is 0 Å². The summed E-state index contributed by atoms with van der Waals surface area (Å²) in [6.07, 6.45) is 15.4. The Labute approximate surface area is 177 Å². The van der Waals surface area contributed by atoms with Crippen molar-refractivity contribution in [1.82, 2.24) is 29.9 Å². The minimum absolute atomic E-state index is 0.272. The van der Waals surface area contributed by atoms with E-state index in [1.54, 1.807) is 12.4 Å². The number of aromatic nitrogens is 6. The van der Waals surface area contributed by atoms with Crippen LogP contribution in [0, 0.1) is 0 Å². The third-order valence-corrected chi connectivity index (χ3v) is 5.52. The smallest absolute Gasteiger partial charge is 0.110 e. The molecule has 0 spiro atoms. The molecule has 0 radical (unpaired) electrons. The molecule has 0 aliphatic carbocycles. The highest BCUT2D eigenvalue weighted by atomic mass is 15.0. The Bertz CT molecular complexity index is 952. The van der Waals surface area contributed by atoms with Gasteiger partial charge in [-0.25, -0.2) is 9.97 Å². The Balaban J connectivity index is 1.65. The second kappa shape index (κ2) is 9.48. The Morgan fingerprint density at radius 3 is 1.53 bits per heavy atom. The Morgan fingerprint density at radius 1 is 0.700 bits per heavy atom. The van der Waals surface area contributed by atoms with Crippen LogP contribution in [0.3, 0.4) is 0 Å². The topological polar surface area (TPSA) is 83.1 Å². The first-order valence-corrected chi connectivity index (χ1v) is 10.7. The summed E-state index contributed by atoms with van der Waals surface area (Å²) >= 11 is 0. The molecule has 2 unspecified atom stereocenters. The molecule has 4 aromatic rings. The normalized spacial score (nSPS) is 13.3. The summed E-state index contributed by atoms with van der Waals surface area (Å²) in [5, 5.41) is 0. The van der Waals surface area contributed by atoms with Crippen LogP contribution >= 0.6 is 0 Å². The molecule has 2 N–H and O–H groups in total. The third-order valence-electron chi connectivity index (χ3n) is 5.52. The van der Waals surface area contributed by atoms with Gasteiger partial charge in [0.1, 0.15) is 11.6 Å². The van der Waals surface area contributed by atoms with Crippen molar-refractivity contribution >= 4 is 0 Å². The lowest BCUT2D eigenvalue weighted by Gasteiger charge is -2.24. The van der Waals surface area contributed by atoms with Crippen molar-refractivity contribution in [1.29, 1.82) is 0 Å². The zero-order valence-electron chi connectivity index (χ0n) is 17.5. The van der Waals surface area contributed by atoms with Crippen LogP contribution in [-0.2, 0) is 0 Å². The molecule has 0 aliphatic heterocycles. The van der Waals surface area contributed by atoms with Crippen LogP contribution in [0.2, 0.25) is 0 Å². The Morgan fingerprint density at radius 2 is 1.17 bits per heavy atom. The van der Waals surface area contributed by atoms with E-state index in [4.69, 9.17) is 9.97 Å². The summed E-state index contributed by atoms with van der Waals surface area (Å²) in [6, 6.07) is 7.99. The average molecular weight is 401 g/mol. The van der Waals surface area contributed by atoms with Crippen molar-refractivity contribution in [3.63, 3.8) is 0 Å². The van der Waals surface area contributed by atoms with Crippen molar-refractivity contribution in [3.05, 3.63) is 73.1 Å². The molecule has 0 amide bonds. The lowest BCUT2D eigenvalue weighted by atomic mass is 9.84. The lowest BCUT2D eigenvalue weighted by molar-refractivity contribution is 0.438. The van der Waals surface area contributed by atoms with Gasteiger partial charge in [0.2, 0.25) is 0 Å². The van der Waals surface area contributed by atoms with E-state index < -0.39 is 0 Å². The van der Waals surface area contributed by atoms with Gasteiger partial charge in [0.15, 0.2) is 0 Å². The van der Waals surface area contributed by atoms with E-state index in [-0.39, 0.29) is 11.8 Å². The number of nitrogens with one attached hydrogen (secondary N) is 2. The summed E-state index contributed by atoms with van der Waals surface area (Å²) in [5.41, 5.74) is 4.11. The summed E-state index contributed by atoms with van der Waals surface area (Å²) in [4.78, 5) is 25.1. The number of aromatic amines is 2. The minimum atomic E-state index is 0.272. The molecule has 0 aromatic carbocycles. The molecule has 4 heterocycles. The molecule has 154 valence electrons. The van der Waals surface area contributed by atoms with E-state index in [0.29, 0.717) is 0 Å². The number of H-pyrrole nitrogens is 2. The van der Waals surface area contributed by atoms with Crippen LogP contribution in [0.15, 0.2) is 61.4 Å². The molecule has 2 atom stereocenters. The van der Waals surface area contributed by atoms with Gasteiger partial charge in [-0.2, -0.15) is 0 Å². The maximum atomic E-state index is 4.77. The van der Waals surface area contributed by atoms with Crippen LogP contribution in [-0.4, -0.2) is 29.9 Å². The fraction of sp³-hybridized carbons (Fsp3) is 0.333. The molecule has 6 nitrogen and oxygen atoms in total. The van der Waals surface area contributed by atoms with E-state index in [2.05, 4.69) is 45.9 Å². The second-order valence-electron chi connectivity index (χ2n) is 7.64. The zero-order chi connectivity index (χ0) is 20.8. The average Bonchev–Trinajstić information content (AvgIpc) is 3.48. The fourth-order valence-electron chi connectivity index (χ4n) is 4.07. The van der Waals surface area contributed by atoms with E-state index >= 15 is 0 Å². The predicted molar refractivity (Wildman–Crippen MR) is 119 cm³/mol. The van der Waals surface area contributed by atoms with Gasteiger partial charge in [-0.15, -0.1) is 0 Å². The van der Waals surface area contributed by atoms with E-state index in [1.807, 2.05) is 36.9 Å². The molecule has 0 saturated carbocycles. The van der Waals surface area contributed by atoms with Crippen molar-refractivity contribution < 1.29 is 0 Å². The first-order valence-electron chi connectivity index (χ1n) is 10.7. The van der Waals surface area contributed by atoms with E-state index in [9.17, 15) is 0 Å². The first kappa shape index (κ1) is 20.0. The van der Waals surface area contributed by atoms with Gasteiger partial charge in [-0.1, -0.05) is 26.7 Å². The van der Waals surface area contributed by atoms with E-state index in [1.165, 1.54) is 0 Å². The highest BCUT2D eigenvalue weighted by Crippen LogP contribution is 2.38. The molecular weight excluding hydrogens is 372 g/mol. The fourth-order valence-corrected chi connectivity index (χ4v) is 4.07. The molecular formula is C24H28N6. The van der Waals surface area contributed by atoms with Gasteiger partial charge in [-0.3, -0.25) is 9.97 Å². The molecule has 0 aliphatic rings. The number of hydrogen-bond acceptors (Lipinski definition) is 4. The SMILES string of the molecule is CCCC(c1ncc(-c2cccnc2)[nH]1)C(CCC)c1ncc(-c2cccnc2)[nH]1. The van der Waals surface area contributed by atoms with Crippen LogP contribution in [0.4, 0.5) is 0 Å². The number of nitrogens with zero attached hydrogens (tertiary/aromatic N) is 4. The highest BCUT2D eigenvalue weighted by molar-refractivity contribution is 5.57. The predicted octanol–water partition coefficient (Wildman–Crippen LogP) is 5.72. The Hall–Kier alpha value is -3.28. The summed E-state index contributed by atoms with van der Waals surface area (Å²) in [7, 11) is 0. The molecule has 0 fully saturated rings. The molecule has 0 bridgehead atoms. The van der Waals surface area contributed by atoms with Crippen LogP contribution in [0.25, 0.3) is 22.5 Å². The maximum absolute atomic E-state index is 4.77. The highest BCUT2D eigenvalue weighted by Gasteiger charge is 2.28. The molecule has 4 rings (SSSR count). The number of rotatable bonds is 9. The standard InChI is InChI=1S/C24H28N6/c1-3-7-19(23-27-15-21(29-23)17-9-5-11-25-13-17)20(8-4-2)24-28-16-22(30-24)18-10-6-12-26-14-18/h5-6,9-16,19-20H,3-4,7-8H2,1-2H3,(H,27,29)(H,28,30). The maximum Gasteiger partial charge on any atom is 0.110 e. The molecule has 4 aromatic heterocycles. The van der Waals surface area contributed by atoms with Gasteiger partial charge < -0.3 is 9.97 Å². The van der Waals surface area contributed by atoms with Gasteiger partial charge >= 0.3 is 0 Å². The largest absolute Gasteiger partial charge is 0.342 e. The van der Waals surface area contributed by atoms with Crippen molar-refractivity contribution in [2.75, 3.05) is 0 Å². The number of hydrogen-bond donors (Lipinski definition) is 2. The molecule has 30 heavy (non-hydrogen) atoms. The first-order chi connectivity index (χ1) is 14.8. The number of pyridine rings is 2. The summed E-state index contributed by atoms with van der Waals surface area (Å²) < 4.78 is 0. The monoisotopic (exact) mass is 400 g/mol. The Kier molecular flexibility index (Phi) is 6.32. The van der Waals surface area contributed by atoms with Gasteiger partial charge in [0.05, 0.1) is 23.8 Å². The molecule has 0 saturated heterocycles. The quantitative estimate of drug-likeness (QED) is 0.376. The van der Waals surface area contributed by atoms with Gasteiger partial charge in [0, 0.05) is 47.8 Å². The van der Waals surface area contributed by atoms with Crippen molar-refractivity contribution in [2.24, 2.45) is 0 Å². The lowest BCUT2D eigenvalue weighted by Crippen LogP contribution is -2.14. The summed E-state index contributed by atoms with van der Waals surface area (Å²) in [5.74, 6) is 2.59. The van der Waals surface area contributed by atoms with Crippen LogP contribution in [0.5, 0.6) is 0 Å². The van der Waals surface area contributed by atoms with E-state index in [0.717, 1.165) is 59.8 Å². The number of imidazole rings is 2. The second-order valence-corrected chi connectivity index (χ2v) is 7.64. The van der Waals surface area contributed by atoms with Crippen molar-refractivity contribution in [3.8, 4) is 22.5 Å². The third kappa shape index (κ3) is 4.32. The van der Waals surface area contributed by atoms with Gasteiger partial charge in [-0.05, 0) is 37.1 Å².